The third kappa shape index (κ3) is 3.97. The molecular formula is C29H24N2O. The summed E-state index contributed by atoms with van der Waals surface area (Å²) in [4.78, 5) is 13.3. The van der Waals surface area contributed by atoms with Gasteiger partial charge in [-0.3, -0.25) is 4.79 Å². The van der Waals surface area contributed by atoms with Gasteiger partial charge in [0.2, 0.25) is 0 Å². The van der Waals surface area contributed by atoms with E-state index >= 15 is 0 Å². The van der Waals surface area contributed by atoms with Crippen molar-refractivity contribution in [3.05, 3.63) is 131 Å². The van der Waals surface area contributed by atoms with Crippen molar-refractivity contribution >= 4 is 11.6 Å². The Labute approximate surface area is 188 Å². The Morgan fingerprint density at radius 2 is 1.28 bits per heavy atom. The summed E-state index contributed by atoms with van der Waals surface area (Å²) in [6.45, 7) is 2.07. The fraction of sp³-hybridized carbons (Fsp3) is 0.103. The molecule has 1 atom stereocenters. The van der Waals surface area contributed by atoms with Gasteiger partial charge in [-0.1, -0.05) is 103 Å². The van der Waals surface area contributed by atoms with Crippen molar-refractivity contribution in [1.29, 1.82) is 0 Å². The van der Waals surface area contributed by atoms with Crippen LogP contribution in [0.15, 0.2) is 114 Å². The highest BCUT2D eigenvalue weighted by atomic mass is 16.2. The second kappa shape index (κ2) is 8.64. The molecule has 156 valence electrons. The minimum atomic E-state index is -0.118. The number of benzene rings is 4. The van der Waals surface area contributed by atoms with Crippen LogP contribution in [0.25, 0.3) is 11.1 Å². The predicted octanol–water partition coefficient (Wildman–Crippen LogP) is 6.65. The summed E-state index contributed by atoms with van der Waals surface area (Å²) < 4.78 is 0. The van der Waals surface area contributed by atoms with Gasteiger partial charge in [0.1, 0.15) is 0 Å². The molecule has 5 rings (SSSR count). The molecule has 0 aromatic heterocycles. The minimum absolute atomic E-state index is 0.0768. The van der Waals surface area contributed by atoms with E-state index in [0.717, 1.165) is 16.8 Å². The number of nitrogens with zero attached hydrogens (tertiary/aromatic N) is 2. The van der Waals surface area contributed by atoms with Crippen molar-refractivity contribution in [2.45, 2.75) is 19.4 Å². The molecule has 0 aliphatic carbocycles. The van der Waals surface area contributed by atoms with Crippen LogP contribution in [0.2, 0.25) is 0 Å². The minimum Gasteiger partial charge on any atom is -0.267 e. The lowest BCUT2D eigenvalue weighted by atomic mass is 9.96. The quantitative estimate of drug-likeness (QED) is 0.366. The first-order valence-corrected chi connectivity index (χ1v) is 10.9. The first kappa shape index (κ1) is 20.0. The van der Waals surface area contributed by atoms with Crippen molar-refractivity contribution in [2.75, 3.05) is 0 Å². The first-order valence-electron chi connectivity index (χ1n) is 10.9. The Balaban J connectivity index is 1.48. The van der Waals surface area contributed by atoms with Gasteiger partial charge in [-0.25, -0.2) is 5.01 Å². The molecule has 1 aliphatic heterocycles. The lowest BCUT2D eigenvalue weighted by Crippen LogP contribution is -2.27. The molecule has 1 aliphatic rings. The number of rotatable bonds is 4. The van der Waals surface area contributed by atoms with Gasteiger partial charge in [0.25, 0.3) is 5.91 Å². The molecule has 0 bridgehead atoms. The zero-order valence-electron chi connectivity index (χ0n) is 18.0. The van der Waals surface area contributed by atoms with Crippen LogP contribution in [0.3, 0.4) is 0 Å². The largest absolute Gasteiger partial charge is 0.274 e. The van der Waals surface area contributed by atoms with Gasteiger partial charge < -0.3 is 0 Å². The molecule has 0 N–H and O–H groups in total. The second-order valence-corrected chi connectivity index (χ2v) is 8.14. The van der Waals surface area contributed by atoms with Crippen LogP contribution >= 0.6 is 0 Å². The molecule has 32 heavy (non-hydrogen) atoms. The van der Waals surface area contributed by atoms with E-state index in [4.69, 9.17) is 5.10 Å². The first-order chi connectivity index (χ1) is 15.7. The number of hydrazone groups is 1. The lowest BCUT2D eigenvalue weighted by Gasteiger charge is -2.22. The highest BCUT2D eigenvalue weighted by Gasteiger charge is 2.33. The number of carbonyl (C=O) groups is 1. The van der Waals surface area contributed by atoms with E-state index in [1.165, 1.54) is 16.7 Å². The summed E-state index contributed by atoms with van der Waals surface area (Å²) in [6, 6.07) is 36.4. The standard InChI is InChI=1S/C29H24N2O/c1-21-12-14-25(15-13-21)28-20-27(30-31(28)29(32)26-10-6-3-7-11-26)24-18-16-23(17-19-24)22-8-4-2-5-9-22/h2-19,28H,20H2,1H3. The Hall–Kier alpha value is -3.98. The van der Waals surface area contributed by atoms with E-state index < -0.39 is 0 Å². The monoisotopic (exact) mass is 416 g/mol. The Morgan fingerprint density at radius 3 is 1.94 bits per heavy atom. The summed E-state index contributed by atoms with van der Waals surface area (Å²) in [6.07, 6.45) is 0.687. The number of hydrogen-bond acceptors (Lipinski definition) is 2. The smallest absolute Gasteiger partial charge is 0.267 e. The zero-order chi connectivity index (χ0) is 21.9. The normalized spacial score (nSPS) is 15.5. The molecule has 0 radical (unpaired) electrons. The maximum Gasteiger partial charge on any atom is 0.274 e. The molecule has 1 unspecified atom stereocenters. The van der Waals surface area contributed by atoms with Crippen molar-refractivity contribution < 1.29 is 4.79 Å². The van der Waals surface area contributed by atoms with Crippen LogP contribution < -0.4 is 0 Å². The average Bonchev–Trinajstić information content (AvgIpc) is 3.31. The summed E-state index contributed by atoms with van der Waals surface area (Å²) in [5.41, 5.74) is 7.27. The van der Waals surface area contributed by atoms with E-state index in [1.807, 2.05) is 48.5 Å². The predicted molar refractivity (Wildman–Crippen MR) is 130 cm³/mol. The molecule has 0 spiro atoms. The summed E-state index contributed by atoms with van der Waals surface area (Å²) in [5.74, 6) is -0.0768. The van der Waals surface area contributed by atoms with Crippen LogP contribution in [0, 0.1) is 6.92 Å². The van der Waals surface area contributed by atoms with Gasteiger partial charge in [0, 0.05) is 12.0 Å². The van der Waals surface area contributed by atoms with Crippen LogP contribution in [-0.4, -0.2) is 16.6 Å². The Morgan fingerprint density at radius 1 is 0.719 bits per heavy atom. The third-order valence-corrected chi connectivity index (χ3v) is 5.93. The molecule has 0 fully saturated rings. The molecule has 3 heteroatoms. The fourth-order valence-corrected chi connectivity index (χ4v) is 4.12. The summed E-state index contributed by atoms with van der Waals surface area (Å²) >= 11 is 0. The summed E-state index contributed by atoms with van der Waals surface area (Å²) in [5, 5.41) is 6.47. The Bertz CT molecular complexity index is 1240. The van der Waals surface area contributed by atoms with E-state index in [2.05, 4.69) is 67.6 Å². The summed E-state index contributed by atoms with van der Waals surface area (Å²) in [7, 11) is 0. The molecular weight excluding hydrogens is 392 g/mol. The third-order valence-electron chi connectivity index (χ3n) is 5.93. The molecule has 4 aromatic rings. The van der Waals surface area contributed by atoms with Crippen LogP contribution in [-0.2, 0) is 0 Å². The zero-order valence-corrected chi connectivity index (χ0v) is 18.0. The van der Waals surface area contributed by atoms with Crippen LogP contribution in [0.4, 0.5) is 0 Å². The molecule has 3 nitrogen and oxygen atoms in total. The van der Waals surface area contributed by atoms with Crippen molar-refractivity contribution in [3.8, 4) is 11.1 Å². The maximum atomic E-state index is 13.3. The lowest BCUT2D eigenvalue weighted by molar-refractivity contribution is 0.0711. The van der Waals surface area contributed by atoms with E-state index in [-0.39, 0.29) is 11.9 Å². The van der Waals surface area contributed by atoms with Crippen molar-refractivity contribution in [3.63, 3.8) is 0 Å². The second-order valence-electron chi connectivity index (χ2n) is 8.14. The average molecular weight is 417 g/mol. The highest BCUT2D eigenvalue weighted by Crippen LogP contribution is 2.34. The van der Waals surface area contributed by atoms with Crippen molar-refractivity contribution in [2.24, 2.45) is 5.10 Å². The molecule has 0 saturated carbocycles. The van der Waals surface area contributed by atoms with Crippen LogP contribution in [0.1, 0.15) is 39.5 Å². The number of hydrogen-bond donors (Lipinski definition) is 0. The molecule has 4 aromatic carbocycles. The number of aryl methyl sites for hydroxylation is 1. The van der Waals surface area contributed by atoms with Crippen LogP contribution in [0.5, 0.6) is 0 Å². The van der Waals surface area contributed by atoms with Crippen molar-refractivity contribution in [1.82, 2.24) is 5.01 Å². The van der Waals surface area contributed by atoms with Gasteiger partial charge in [-0.15, -0.1) is 0 Å². The van der Waals surface area contributed by atoms with Gasteiger partial charge in [0.15, 0.2) is 0 Å². The fourth-order valence-electron chi connectivity index (χ4n) is 4.12. The molecule has 0 saturated heterocycles. The van der Waals surface area contributed by atoms with E-state index in [1.54, 1.807) is 5.01 Å². The van der Waals surface area contributed by atoms with Gasteiger partial charge >= 0.3 is 0 Å². The SMILES string of the molecule is Cc1ccc(C2CC(c3ccc(-c4ccccc4)cc3)=NN2C(=O)c2ccccc2)cc1. The van der Waals surface area contributed by atoms with E-state index in [0.29, 0.717) is 12.0 Å². The topological polar surface area (TPSA) is 32.7 Å². The Kier molecular flexibility index (Phi) is 5.39. The number of amides is 1. The maximum absolute atomic E-state index is 13.3. The molecule has 1 amide bonds. The highest BCUT2D eigenvalue weighted by molar-refractivity contribution is 6.05. The number of carbonyl (C=O) groups excluding carboxylic acids is 1. The molecule has 1 heterocycles. The van der Waals surface area contributed by atoms with Gasteiger partial charge in [-0.05, 0) is 41.3 Å². The van der Waals surface area contributed by atoms with Gasteiger partial charge in [0.05, 0.1) is 11.8 Å². The van der Waals surface area contributed by atoms with E-state index in [9.17, 15) is 4.79 Å². The van der Waals surface area contributed by atoms with Gasteiger partial charge in [-0.2, -0.15) is 5.10 Å².